The minimum Gasteiger partial charge on any atom is -0.466 e. The lowest BCUT2D eigenvalue weighted by atomic mass is 10.2. The molecule has 0 saturated carbocycles. The Hall–Kier alpha value is -3.43. The van der Waals surface area contributed by atoms with Gasteiger partial charge in [-0.15, -0.1) is 11.3 Å². The number of nitrogens with one attached hydrogen (secondary N) is 3. The summed E-state index contributed by atoms with van der Waals surface area (Å²) < 4.78 is 5.18. The molecule has 0 bridgehead atoms. The molecule has 0 saturated heterocycles. The summed E-state index contributed by atoms with van der Waals surface area (Å²) in [5.41, 5.74) is 1.02. The van der Waals surface area contributed by atoms with Crippen molar-refractivity contribution in [1.29, 1.82) is 0 Å². The summed E-state index contributed by atoms with van der Waals surface area (Å²) in [5.74, 6) is -1.34. The SMILES string of the molecule is CC(=O)Nc1ccc(NC(=O)C(=O)NCc2ccc(C(O)c3ccco3)s2)cc1. The molecule has 1 atom stereocenters. The zero-order valence-electron chi connectivity index (χ0n) is 15.5. The van der Waals surface area contributed by atoms with Crippen molar-refractivity contribution < 1.29 is 23.9 Å². The van der Waals surface area contributed by atoms with Crippen LogP contribution in [-0.2, 0) is 20.9 Å². The van der Waals surface area contributed by atoms with E-state index in [2.05, 4.69) is 16.0 Å². The molecule has 0 aliphatic carbocycles. The molecule has 9 heteroatoms. The van der Waals surface area contributed by atoms with E-state index >= 15 is 0 Å². The number of carbonyl (C=O) groups is 3. The lowest BCUT2D eigenvalue weighted by Crippen LogP contribution is -2.34. The second-order valence-electron chi connectivity index (χ2n) is 6.12. The highest BCUT2D eigenvalue weighted by Gasteiger charge is 2.17. The van der Waals surface area contributed by atoms with E-state index in [1.807, 2.05) is 0 Å². The molecule has 2 heterocycles. The maximum absolute atomic E-state index is 12.0. The average Bonchev–Trinajstić information content (AvgIpc) is 3.39. The monoisotopic (exact) mass is 413 g/mol. The topological polar surface area (TPSA) is 121 Å². The molecule has 1 aromatic carbocycles. The van der Waals surface area contributed by atoms with Crippen molar-refractivity contribution in [3.63, 3.8) is 0 Å². The number of aliphatic hydroxyl groups is 1. The van der Waals surface area contributed by atoms with E-state index in [9.17, 15) is 19.5 Å². The summed E-state index contributed by atoms with van der Waals surface area (Å²) >= 11 is 1.31. The molecule has 3 amide bonds. The zero-order chi connectivity index (χ0) is 20.8. The number of amides is 3. The van der Waals surface area contributed by atoms with Gasteiger partial charge in [-0.05, 0) is 48.5 Å². The molecule has 0 fully saturated rings. The molecular formula is C20H19N3O5S. The van der Waals surface area contributed by atoms with Gasteiger partial charge in [0.1, 0.15) is 11.9 Å². The van der Waals surface area contributed by atoms with Crippen LogP contribution < -0.4 is 16.0 Å². The van der Waals surface area contributed by atoms with E-state index < -0.39 is 17.9 Å². The number of thiophene rings is 1. The van der Waals surface area contributed by atoms with Crippen LogP contribution in [0.15, 0.2) is 59.2 Å². The van der Waals surface area contributed by atoms with Crippen LogP contribution in [0, 0.1) is 0 Å². The molecule has 0 aliphatic heterocycles. The number of rotatable bonds is 6. The second-order valence-corrected chi connectivity index (χ2v) is 7.32. The molecule has 0 spiro atoms. The fourth-order valence-corrected chi connectivity index (χ4v) is 3.45. The van der Waals surface area contributed by atoms with Crippen molar-refractivity contribution in [2.75, 3.05) is 10.6 Å². The predicted octanol–water partition coefficient (Wildman–Crippen LogP) is 2.64. The molecule has 29 heavy (non-hydrogen) atoms. The van der Waals surface area contributed by atoms with E-state index in [1.165, 1.54) is 24.5 Å². The Kier molecular flexibility index (Phi) is 6.43. The van der Waals surface area contributed by atoms with Crippen molar-refractivity contribution >= 4 is 40.4 Å². The maximum Gasteiger partial charge on any atom is 0.313 e. The van der Waals surface area contributed by atoms with Crippen LogP contribution in [0.2, 0.25) is 0 Å². The van der Waals surface area contributed by atoms with E-state index in [1.54, 1.807) is 48.5 Å². The van der Waals surface area contributed by atoms with Crippen LogP contribution in [0.1, 0.15) is 28.5 Å². The average molecular weight is 413 g/mol. The Balaban J connectivity index is 1.50. The van der Waals surface area contributed by atoms with Gasteiger partial charge in [0.05, 0.1) is 12.8 Å². The summed E-state index contributed by atoms with van der Waals surface area (Å²) in [6.07, 6.45) is 0.613. The quantitative estimate of drug-likeness (QED) is 0.463. The van der Waals surface area contributed by atoms with Crippen molar-refractivity contribution in [2.45, 2.75) is 19.6 Å². The normalized spacial score (nSPS) is 11.5. The van der Waals surface area contributed by atoms with E-state index in [4.69, 9.17) is 4.42 Å². The first-order valence-corrected chi connectivity index (χ1v) is 9.51. The van der Waals surface area contributed by atoms with Crippen LogP contribution in [0.4, 0.5) is 11.4 Å². The van der Waals surface area contributed by atoms with Crippen LogP contribution in [0.5, 0.6) is 0 Å². The largest absolute Gasteiger partial charge is 0.466 e. The van der Waals surface area contributed by atoms with Gasteiger partial charge in [0.25, 0.3) is 0 Å². The number of anilines is 2. The van der Waals surface area contributed by atoms with Gasteiger partial charge < -0.3 is 25.5 Å². The predicted molar refractivity (Wildman–Crippen MR) is 108 cm³/mol. The van der Waals surface area contributed by atoms with Crippen molar-refractivity contribution in [2.24, 2.45) is 0 Å². The van der Waals surface area contributed by atoms with Crippen molar-refractivity contribution in [1.82, 2.24) is 5.32 Å². The fourth-order valence-electron chi connectivity index (χ4n) is 2.50. The minimum absolute atomic E-state index is 0.156. The van der Waals surface area contributed by atoms with Crippen LogP contribution in [0.25, 0.3) is 0 Å². The Bertz CT molecular complexity index is 996. The molecule has 8 nitrogen and oxygen atoms in total. The Morgan fingerprint density at radius 3 is 2.31 bits per heavy atom. The summed E-state index contributed by atoms with van der Waals surface area (Å²) in [7, 11) is 0. The highest BCUT2D eigenvalue weighted by Crippen LogP contribution is 2.28. The number of hydrogen-bond acceptors (Lipinski definition) is 6. The first-order chi connectivity index (χ1) is 13.9. The molecule has 4 N–H and O–H groups in total. The smallest absolute Gasteiger partial charge is 0.313 e. The van der Waals surface area contributed by atoms with Gasteiger partial charge in [-0.2, -0.15) is 0 Å². The van der Waals surface area contributed by atoms with Gasteiger partial charge in [0.15, 0.2) is 0 Å². The zero-order valence-corrected chi connectivity index (χ0v) is 16.3. The third kappa shape index (κ3) is 5.53. The van der Waals surface area contributed by atoms with Gasteiger partial charge in [-0.1, -0.05) is 0 Å². The van der Waals surface area contributed by atoms with Gasteiger partial charge in [0, 0.05) is 28.1 Å². The maximum atomic E-state index is 12.0. The number of carbonyl (C=O) groups excluding carboxylic acids is 3. The van der Waals surface area contributed by atoms with E-state index in [0.29, 0.717) is 22.0 Å². The molecule has 0 radical (unpaired) electrons. The van der Waals surface area contributed by atoms with Crippen LogP contribution in [-0.4, -0.2) is 22.8 Å². The molecule has 2 aromatic heterocycles. The summed E-state index contributed by atoms with van der Waals surface area (Å²) in [6, 6.07) is 13.3. The highest BCUT2D eigenvalue weighted by molar-refractivity contribution is 7.12. The van der Waals surface area contributed by atoms with E-state index in [-0.39, 0.29) is 12.5 Å². The van der Waals surface area contributed by atoms with Crippen LogP contribution >= 0.6 is 11.3 Å². The molecule has 150 valence electrons. The fraction of sp³-hybridized carbons (Fsp3) is 0.150. The molecular weight excluding hydrogens is 394 g/mol. The van der Waals surface area contributed by atoms with Crippen molar-refractivity contribution in [3.05, 3.63) is 70.3 Å². The number of furan rings is 1. The minimum atomic E-state index is -0.872. The third-order valence-electron chi connectivity index (χ3n) is 3.86. The number of benzene rings is 1. The van der Waals surface area contributed by atoms with Gasteiger partial charge in [-0.3, -0.25) is 14.4 Å². The third-order valence-corrected chi connectivity index (χ3v) is 4.99. The number of hydrogen-bond donors (Lipinski definition) is 4. The molecule has 3 aromatic rings. The Labute approximate surface area is 170 Å². The molecule has 0 aliphatic rings. The highest BCUT2D eigenvalue weighted by atomic mass is 32.1. The first kappa shape index (κ1) is 20.3. The Morgan fingerprint density at radius 1 is 1.00 bits per heavy atom. The molecule has 1 unspecified atom stereocenters. The Morgan fingerprint density at radius 2 is 1.69 bits per heavy atom. The van der Waals surface area contributed by atoms with Gasteiger partial charge in [-0.25, -0.2) is 0 Å². The van der Waals surface area contributed by atoms with Gasteiger partial charge >= 0.3 is 11.8 Å². The van der Waals surface area contributed by atoms with E-state index in [0.717, 1.165) is 4.88 Å². The lowest BCUT2D eigenvalue weighted by molar-refractivity contribution is -0.136. The summed E-state index contributed by atoms with van der Waals surface area (Å²) in [6.45, 7) is 1.55. The van der Waals surface area contributed by atoms with Gasteiger partial charge in [0.2, 0.25) is 5.91 Å². The summed E-state index contributed by atoms with van der Waals surface area (Å²) in [5, 5.41) is 17.9. The molecule has 3 rings (SSSR count). The number of aliphatic hydroxyl groups excluding tert-OH is 1. The summed E-state index contributed by atoms with van der Waals surface area (Å²) in [4.78, 5) is 36.5. The first-order valence-electron chi connectivity index (χ1n) is 8.69. The van der Waals surface area contributed by atoms with Crippen molar-refractivity contribution in [3.8, 4) is 0 Å². The standard InChI is InChI=1S/C20H19N3O5S/c1-12(24)22-13-4-6-14(7-5-13)23-20(27)19(26)21-11-15-8-9-17(29-15)18(25)16-3-2-10-28-16/h2-10,18,25H,11H2,1H3,(H,21,26)(H,22,24)(H,23,27). The second kappa shape index (κ2) is 9.18. The lowest BCUT2D eigenvalue weighted by Gasteiger charge is -2.07. The van der Waals surface area contributed by atoms with Crippen LogP contribution in [0.3, 0.4) is 0 Å².